The molecule has 1 aromatic carbocycles. The third-order valence-electron chi connectivity index (χ3n) is 3.47. The maximum Gasteiger partial charge on any atom is 0.471 e. The second-order valence-electron chi connectivity index (χ2n) is 5.26. The van der Waals surface area contributed by atoms with E-state index in [1.54, 1.807) is 0 Å². The number of hydrogen-bond donors (Lipinski definition) is 2. The van der Waals surface area contributed by atoms with Crippen LogP contribution >= 0.6 is 0 Å². The Kier molecular flexibility index (Phi) is 4.32. The van der Waals surface area contributed by atoms with Gasteiger partial charge in [0.05, 0.1) is 4.90 Å². The van der Waals surface area contributed by atoms with Gasteiger partial charge in [0.25, 0.3) is 0 Å². The van der Waals surface area contributed by atoms with Crippen molar-refractivity contribution in [1.82, 2.24) is 20.2 Å². The van der Waals surface area contributed by atoms with Crippen molar-refractivity contribution in [2.75, 3.05) is 13.1 Å². The van der Waals surface area contributed by atoms with Crippen molar-refractivity contribution in [3.8, 4) is 11.4 Å². The molecule has 2 N–H and O–H groups in total. The zero-order chi connectivity index (χ0) is 17.4. The highest BCUT2D eigenvalue weighted by molar-refractivity contribution is 7.89. The normalized spacial score (nSPS) is 18.9. The fourth-order valence-corrected chi connectivity index (χ4v) is 3.55. The lowest BCUT2D eigenvalue weighted by Crippen LogP contribution is -2.36. The molecule has 0 unspecified atom stereocenters. The standard InChI is InChI=1S/C13H13F3N4O3S/c14-13(15,16)12-18-11(19-23-12)8-1-3-10(4-2-8)24(21,22)20-9-5-6-17-7-9/h1-4,9,17,20H,5-7H2/t9-/m1/s1. The first-order valence-corrected chi connectivity index (χ1v) is 8.48. The number of rotatable bonds is 4. The van der Waals surface area contributed by atoms with E-state index in [-0.39, 0.29) is 22.3 Å². The predicted molar refractivity (Wildman–Crippen MR) is 76.3 cm³/mol. The van der Waals surface area contributed by atoms with E-state index < -0.39 is 22.1 Å². The molecule has 11 heteroatoms. The third-order valence-corrected chi connectivity index (χ3v) is 5.01. The summed E-state index contributed by atoms with van der Waals surface area (Å²) in [4.78, 5) is 3.26. The smallest absolute Gasteiger partial charge is 0.329 e. The van der Waals surface area contributed by atoms with Crippen molar-refractivity contribution < 1.29 is 26.1 Å². The molecule has 1 atom stereocenters. The highest BCUT2D eigenvalue weighted by atomic mass is 32.2. The Morgan fingerprint density at radius 3 is 2.50 bits per heavy atom. The fourth-order valence-electron chi connectivity index (χ4n) is 2.28. The van der Waals surface area contributed by atoms with Crippen LogP contribution in [-0.4, -0.2) is 37.7 Å². The van der Waals surface area contributed by atoms with E-state index in [9.17, 15) is 21.6 Å². The molecule has 0 spiro atoms. The SMILES string of the molecule is O=S(=O)(N[C@@H]1CCNC1)c1ccc(-c2noc(C(F)(F)F)n2)cc1. The number of benzene rings is 1. The molecule has 2 aromatic rings. The third kappa shape index (κ3) is 3.57. The number of nitrogens with zero attached hydrogens (tertiary/aromatic N) is 2. The van der Waals surface area contributed by atoms with Gasteiger partial charge in [-0.2, -0.15) is 18.2 Å². The highest BCUT2D eigenvalue weighted by Gasteiger charge is 2.38. The van der Waals surface area contributed by atoms with Gasteiger partial charge in [-0.1, -0.05) is 5.16 Å². The zero-order valence-electron chi connectivity index (χ0n) is 12.2. The van der Waals surface area contributed by atoms with Crippen LogP contribution in [0.4, 0.5) is 13.2 Å². The van der Waals surface area contributed by atoms with Crippen molar-refractivity contribution in [1.29, 1.82) is 0 Å². The van der Waals surface area contributed by atoms with Crippen LogP contribution < -0.4 is 10.0 Å². The second-order valence-corrected chi connectivity index (χ2v) is 6.97. The Morgan fingerprint density at radius 1 is 1.25 bits per heavy atom. The summed E-state index contributed by atoms with van der Waals surface area (Å²) in [6.45, 7) is 1.30. The highest BCUT2D eigenvalue weighted by Crippen LogP contribution is 2.29. The molecule has 0 bridgehead atoms. The van der Waals surface area contributed by atoms with E-state index in [0.717, 1.165) is 6.54 Å². The Morgan fingerprint density at radius 2 is 1.96 bits per heavy atom. The summed E-state index contributed by atoms with van der Waals surface area (Å²) in [5, 5.41) is 6.29. The van der Waals surface area contributed by atoms with E-state index in [1.807, 2.05) is 0 Å². The van der Waals surface area contributed by atoms with Gasteiger partial charge in [-0.15, -0.1) is 0 Å². The van der Waals surface area contributed by atoms with Crippen LogP contribution in [0.2, 0.25) is 0 Å². The summed E-state index contributed by atoms with van der Waals surface area (Å²) in [7, 11) is -3.69. The number of aromatic nitrogens is 2. The van der Waals surface area contributed by atoms with Gasteiger partial charge < -0.3 is 9.84 Å². The molecule has 0 amide bonds. The average Bonchev–Trinajstić information content (AvgIpc) is 3.17. The van der Waals surface area contributed by atoms with Crippen LogP contribution in [0.15, 0.2) is 33.7 Å². The topological polar surface area (TPSA) is 97.1 Å². The quantitative estimate of drug-likeness (QED) is 0.853. The molecular formula is C13H13F3N4O3S. The van der Waals surface area contributed by atoms with Crippen molar-refractivity contribution in [2.45, 2.75) is 23.5 Å². The van der Waals surface area contributed by atoms with E-state index >= 15 is 0 Å². The molecule has 1 aliphatic rings. The molecule has 3 rings (SSSR count). The first kappa shape index (κ1) is 16.9. The summed E-state index contributed by atoms with van der Waals surface area (Å²) in [5.41, 5.74) is 0.218. The first-order valence-electron chi connectivity index (χ1n) is 7.00. The molecular weight excluding hydrogens is 349 g/mol. The van der Waals surface area contributed by atoms with Gasteiger partial charge in [0.15, 0.2) is 0 Å². The minimum atomic E-state index is -4.73. The molecule has 1 aromatic heterocycles. The minimum absolute atomic E-state index is 0.0117. The number of alkyl halides is 3. The Bertz CT molecular complexity index is 812. The van der Waals surface area contributed by atoms with E-state index in [2.05, 4.69) is 24.7 Å². The number of sulfonamides is 1. The van der Waals surface area contributed by atoms with Gasteiger partial charge in [-0.25, -0.2) is 13.1 Å². The molecule has 1 fully saturated rings. The molecule has 0 radical (unpaired) electrons. The Labute approximate surface area is 135 Å². The lowest BCUT2D eigenvalue weighted by Gasteiger charge is -2.12. The van der Waals surface area contributed by atoms with E-state index in [4.69, 9.17) is 0 Å². The lowest BCUT2D eigenvalue weighted by molar-refractivity contribution is -0.159. The average molecular weight is 362 g/mol. The monoisotopic (exact) mass is 362 g/mol. The molecule has 0 aliphatic carbocycles. The Hall–Kier alpha value is -1.98. The van der Waals surface area contributed by atoms with Gasteiger partial charge >= 0.3 is 12.1 Å². The molecule has 2 heterocycles. The summed E-state index contributed by atoms with van der Waals surface area (Å²) in [6, 6.07) is 5.04. The molecule has 1 aliphatic heterocycles. The van der Waals surface area contributed by atoms with E-state index in [1.165, 1.54) is 24.3 Å². The molecule has 24 heavy (non-hydrogen) atoms. The van der Waals surface area contributed by atoms with Crippen LogP contribution in [0.25, 0.3) is 11.4 Å². The van der Waals surface area contributed by atoms with Crippen molar-refractivity contribution in [2.24, 2.45) is 0 Å². The van der Waals surface area contributed by atoms with Crippen molar-refractivity contribution in [3.05, 3.63) is 30.2 Å². The molecule has 130 valence electrons. The fraction of sp³-hybridized carbons (Fsp3) is 0.385. The second kappa shape index (κ2) is 6.15. The van der Waals surface area contributed by atoms with Gasteiger partial charge in [0.2, 0.25) is 15.8 Å². The summed E-state index contributed by atoms with van der Waals surface area (Å²) in [6.07, 6.45) is -4.03. The zero-order valence-corrected chi connectivity index (χ0v) is 13.0. The number of nitrogens with one attached hydrogen (secondary N) is 2. The maximum absolute atomic E-state index is 12.4. The van der Waals surface area contributed by atoms with Gasteiger partial charge in [0.1, 0.15) is 0 Å². The van der Waals surface area contributed by atoms with Crippen LogP contribution in [-0.2, 0) is 16.2 Å². The first-order chi connectivity index (χ1) is 11.3. The maximum atomic E-state index is 12.4. The largest absolute Gasteiger partial charge is 0.471 e. The summed E-state index contributed by atoms with van der Waals surface area (Å²) >= 11 is 0. The number of halogens is 3. The van der Waals surface area contributed by atoms with Crippen LogP contribution in [0, 0.1) is 0 Å². The predicted octanol–water partition coefficient (Wildman–Crippen LogP) is 1.40. The van der Waals surface area contributed by atoms with Crippen LogP contribution in [0.3, 0.4) is 0 Å². The van der Waals surface area contributed by atoms with Crippen LogP contribution in [0.1, 0.15) is 12.3 Å². The van der Waals surface area contributed by atoms with Gasteiger partial charge in [-0.3, -0.25) is 0 Å². The van der Waals surface area contributed by atoms with Crippen molar-refractivity contribution in [3.63, 3.8) is 0 Å². The minimum Gasteiger partial charge on any atom is -0.329 e. The van der Waals surface area contributed by atoms with Gasteiger partial charge in [-0.05, 0) is 37.2 Å². The van der Waals surface area contributed by atoms with Gasteiger partial charge in [0, 0.05) is 18.2 Å². The summed E-state index contributed by atoms with van der Waals surface area (Å²) in [5.74, 6) is -1.72. The lowest BCUT2D eigenvalue weighted by atomic mass is 10.2. The summed E-state index contributed by atoms with van der Waals surface area (Å²) < 4.78 is 68.5. The Balaban J connectivity index is 1.79. The molecule has 7 nitrogen and oxygen atoms in total. The van der Waals surface area contributed by atoms with Crippen LogP contribution in [0.5, 0.6) is 0 Å². The van der Waals surface area contributed by atoms with E-state index in [0.29, 0.717) is 13.0 Å². The number of hydrogen-bond acceptors (Lipinski definition) is 6. The molecule has 1 saturated heterocycles. The van der Waals surface area contributed by atoms with Crippen molar-refractivity contribution >= 4 is 10.0 Å². The molecule has 0 saturated carbocycles.